The molecule has 26 heavy (non-hydrogen) atoms. The molecule has 144 valence electrons. The Balaban J connectivity index is 1.51. The fourth-order valence-electron chi connectivity index (χ4n) is 4.05. The first-order valence-electron chi connectivity index (χ1n) is 9.95. The second-order valence-electron chi connectivity index (χ2n) is 7.67. The molecule has 1 heterocycles. The molecule has 0 spiro atoms. The van der Waals surface area contributed by atoms with Gasteiger partial charge in [0.2, 0.25) is 5.91 Å². The van der Waals surface area contributed by atoms with Crippen LogP contribution in [0.15, 0.2) is 24.3 Å². The van der Waals surface area contributed by atoms with Crippen LogP contribution in [0, 0.1) is 5.41 Å². The first kappa shape index (κ1) is 19.2. The summed E-state index contributed by atoms with van der Waals surface area (Å²) in [5, 5.41) is 6.42. The molecule has 2 N–H and O–H groups in total. The van der Waals surface area contributed by atoms with Crippen LogP contribution in [-0.2, 0) is 16.1 Å². The van der Waals surface area contributed by atoms with Crippen molar-refractivity contribution in [3.63, 3.8) is 0 Å². The number of methoxy groups -OCH3 is 1. The van der Waals surface area contributed by atoms with E-state index < -0.39 is 5.41 Å². The van der Waals surface area contributed by atoms with Crippen LogP contribution in [0.5, 0.6) is 5.75 Å². The highest BCUT2D eigenvalue weighted by molar-refractivity contribution is 5.83. The fraction of sp³-hybridized carbons (Fsp3) is 0.667. The normalized spacial score (nSPS) is 20.5. The van der Waals surface area contributed by atoms with E-state index in [4.69, 9.17) is 9.47 Å². The lowest BCUT2D eigenvalue weighted by atomic mass is 9.78. The third-order valence-corrected chi connectivity index (χ3v) is 5.69. The van der Waals surface area contributed by atoms with Gasteiger partial charge in [-0.15, -0.1) is 0 Å². The Hall–Kier alpha value is -1.59. The van der Waals surface area contributed by atoms with Gasteiger partial charge in [-0.1, -0.05) is 18.6 Å². The van der Waals surface area contributed by atoms with Crippen molar-refractivity contribution < 1.29 is 14.3 Å². The molecule has 0 aromatic heterocycles. The van der Waals surface area contributed by atoms with Crippen molar-refractivity contribution in [3.05, 3.63) is 29.8 Å². The summed E-state index contributed by atoms with van der Waals surface area (Å²) in [5.41, 5.74) is 0.695. The van der Waals surface area contributed by atoms with Crippen LogP contribution >= 0.6 is 0 Å². The summed E-state index contributed by atoms with van der Waals surface area (Å²) in [5.74, 6) is 1.03. The molecule has 1 aliphatic carbocycles. The van der Waals surface area contributed by atoms with Gasteiger partial charge in [0.1, 0.15) is 5.75 Å². The number of benzene rings is 1. The summed E-state index contributed by atoms with van der Waals surface area (Å²) < 4.78 is 11.4. The predicted molar refractivity (Wildman–Crippen MR) is 102 cm³/mol. The summed E-state index contributed by atoms with van der Waals surface area (Å²) in [7, 11) is 1.67. The molecule has 1 aromatic rings. The van der Waals surface area contributed by atoms with E-state index in [0.717, 1.165) is 50.1 Å². The van der Waals surface area contributed by atoms with Gasteiger partial charge in [-0.2, -0.15) is 0 Å². The van der Waals surface area contributed by atoms with Crippen LogP contribution < -0.4 is 15.4 Å². The minimum Gasteiger partial charge on any atom is -0.490 e. The molecular formula is C21H32N2O3. The average Bonchev–Trinajstić information content (AvgIpc) is 2.69. The van der Waals surface area contributed by atoms with Crippen LogP contribution in [0.4, 0.5) is 0 Å². The molecule has 5 heteroatoms. The van der Waals surface area contributed by atoms with E-state index in [1.807, 2.05) is 24.3 Å². The smallest absolute Gasteiger partial charge is 0.228 e. The molecule has 5 nitrogen and oxygen atoms in total. The highest BCUT2D eigenvalue weighted by Gasteiger charge is 2.39. The first-order chi connectivity index (χ1) is 12.7. The van der Waals surface area contributed by atoms with Gasteiger partial charge in [-0.3, -0.25) is 4.79 Å². The molecule has 2 fully saturated rings. The summed E-state index contributed by atoms with van der Waals surface area (Å²) in [6, 6.07) is 8.13. The number of ether oxygens (including phenoxy) is 2. The van der Waals surface area contributed by atoms with Gasteiger partial charge in [0, 0.05) is 13.7 Å². The van der Waals surface area contributed by atoms with E-state index in [2.05, 4.69) is 10.6 Å². The number of rotatable bonds is 7. The summed E-state index contributed by atoms with van der Waals surface area (Å²) in [6.07, 6.45) is 8.20. The van der Waals surface area contributed by atoms with Crippen molar-refractivity contribution in [1.82, 2.24) is 10.6 Å². The molecule has 1 aromatic carbocycles. The second kappa shape index (κ2) is 9.38. The van der Waals surface area contributed by atoms with Crippen LogP contribution in [-0.4, -0.2) is 38.8 Å². The minimum atomic E-state index is -0.399. The quantitative estimate of drug-likeness (QED) is 0.785. The largest absolute Gasteiger partial charge is 0.490 e. The third-order valence-electron chi connectivity index (χ3n) is 5.69. The third kappa shape index (κ3) is 4.98. The zero-order valence-corrected chi connectivity index (χ0v) is 15.9. The topological polar surface area (TPSA) is 59.6 Å². The van der Waals surface area contributed by atoms with Crippen molar-refractivity contribution in [1.29, 1.82) is 0 Å². The molecule has 1 saturated carbocycles. The second-order valence-corrected chi connectivity index (χ2v) is 7.67. The number of piperidine rings is 1. The maximum atomic E-state index is 12.8. The highest BCUT2D eigenvalue weighted by Crippen LogP contribution is 2.29. The van der Waals surface area contributed by atoms with Crippen LogP contribution in [0.25, 0.3) is 0 Å². The van der Waals surface area contributed by atoms with Crippen molar-refractivity contribution in [2.75, 3.05) is 26.8 Å². The molecular weight excluding hydrogens is 328 g/mol. The summed E-state index contributed by atoms with van der Waals surface area (Å²) in [4.78, 5) is 12.8. The Morgan fingerprint density at radius 3 is 2.50 bits per heavy atom. The Labute approximate surface area is 156 Å². The molecule has 0 unspecified atom stereocenters. The van der Waals surface area contributed by atoms with Gasteiger partial charge in [0.15, 0.2) is 0 Å². The predicted octanol–water partition coefficient (Wildman–Crippen LogP) is 3.03. The lowest BCUT2D eigenvalue weighted by Crippen LogP contribution is -2.49. The van der Waals surface area contributed by atoms with E-state index in [9.17, 15) is 4.79 Å². The van der Waals surface area contributed by atoms with Crippen LogP contribution in [0.2, 0.25) is 0 Å². The van der Waals surface area contributed by atoms with Crippen molar-refractivity contribution in [2.24, 2.45) is 5.41 Å². The highest BCUT2D eigenvalue weighted by atomic mass is 16.5. The summed E-state index contributed by atoms with van der Waals surface area (Å²) >= 11 is 0. The number of amides is 1. The van der Waals surface area contributed by atoms with Gasteiger partial charge in [0.05, 0.1) is 18.1 Å². The molecule has 3 rings (SSSR count). The number of carbonyl (C=O) groups is 1. The maximum absolute atomic E-state index is 12.8. The van der Waals surface area contributed by atoms with Crippen LogP contribution in [0.1, 0.15) is 50.5 Å². The Kier molecular flexibility index (Phi) is 6.92. The van der Waals surface area contributed by atoms with Gasteiger partial charge < -0.3 is 20.1 Å². The number of nitrogens with one attached hydrogen (secondary N) is 2. The lowest BCUT2D eigenvalue weighted by Gasteiger charge is -2.35. The lowest BCUT2D eigenvalue weighted by molar-refractivity contribution is -0.136. The van der Waals surface area contributed by atoms with Crippen molar-refractivity contribution in [3.8, 4) is 5.75 Å². The molecule has 2 aliphatic rings. The van der Waals surface area contributed by atoms with Gasteiger partial charge in [-0.05, 0) is 69.3 Å². The van der Waals surface area contributed by atoms with Crippen LogP contribution in [0.3, 0.4) is 0 Å². The van der Waals surface area contributed by atoms with E-state index in [-0.39, 0.29) is 5.91 Å². The van der Waals surface area contributed by atoms with Gasteiger partial charge in [-0.25, -0.2) is 0 Å². The number of hydrogen-bond acceptors (Lipinski definition) is 4. The molecule has 1 aliphatic heterocycles. The van der Waals surface area contributed by atoms with E-state index in [1.165, 1.54) is 19.3 Å². The molecule has 0 bridgehead atoms. The van der Waals surface area contributed by atoms with Crippen molar-refractivity contribution >= 4 is 5.91 Å². The Morgan fingerprint density at radius 1 is 1.15 bits per heavy atom. The van der Waals surface area contributed by atoms with Gasteiger partial charge >= 0.3 is 0 Å². The van der Waals surface area contributed by atoms with Crippen molar-refractivity contribution in [2.45, 2.75) is 57.6 Å². The SMILES string of the molecule is COCC1(C(=O)NCc2ccc(OC3CCCCC3)cc2)CCNCC1. The maximum Gasteiger partial charge on any atom is 0.228 e. The zero-order valence-electron chi connectivity index (χ0n) is 15.9. The molecule has 1 amide bonds. The fourth-order valence-corrected chi connectivity index (χ4v) is 4.05. The number of carbonyl (C=O) groups excluding carboxylic acids is 1. The monoisotopic (exact) mass is 360 g/mol. The Bertz CT molecular complexity index is 556. The Morgan fingerprint density at radius 2 is 1.85 bits per heavy atom. The summed E-state index contributed by atoms with van der Waals surface area (Å²) in [6.45, 7) is 2.75. The standard InChI is InChI=1S/C21H32N2O3/c1-25-16-21(11-13-22-14-12-21)20(24)23-15-17-7-9-19(10-8-17)26-18-5-3-2-4-6-18/h7-10,18,22H,2-6,11-16H2,1H3,(H,23,24). The minimum absolute atomic E-state index is 0.100. The van der Waals surface area contributed by atoms with E-state index in [0.29, 0.717) is 19.3 Å². The van der Waals surface area contributed by atoms with E-state index in [1.54, 1.807) is 7.11 Å². The van der Waals surface area contributed by atoms with Gasteiger partial charge in [0.25, 0.3) is 0 Å². The number of hydrogen-bond donors (Lipinski definition) is 2. The molecule has 0 atom stereocenters. The zero-order chi connectivity index (χ0) is 18.2. The molecule has 0 radical (unpaired) electrons. The average molecular weight is 360 g/mol. The first-order valence-corrected chi connectivity index (χ1v) is 9.95. The molecule has 1 saturated heterocycles. The van der Waals surface area contributed by atoms with E-state index >= 15 is 0 Å².